The molecule has 0 spiro atoms. The lowest BCUT2D eigenvalue weighted by Gasteiger charge is -2.43. The summed E-state index contributed by atoms with van der Waals surface area (Å²) in [5.74, 6) is -2.10. The molecular weight excluding hydrogens is 478 g/mol. The van der Waals surface area contributed by atoms with E-state index >= 15 is 0 Å². The van der Waals surface area contributed by atoms with Crippen molar-refractivity contribution in [1.29, 1.82) is 0 Å². The molecule has 0 fully saturated rings. The number of phenolic OH excluding ortho intramolecular Hbond substituents is 1. The minimum atomic E-state index is -1.25. The van der Waals surface area contributed by atoms with Gasteiger partial charge in [-0.15, -0.1) is 0 Å². The Kier molecular flexibility index (Phi) is 11.4. The van der Waals surface area contributed by atoms with Gasteiger partial charge in [0, 0.05) is 17.6 Å². The van der Waals surface area contributed by atoms with Crippen LogP contribution in [0.25, 0.3) is 0 Å². The van der Waals surface area contributed by atoms with Gasteiger partial charge in [-0.2, -0.15) is 0 Å². The van der Waals surface area contributed by atoms with Gasteiger partial charge in [0.2, 0.25) is 11.8 Å². The molecule has 0 bridgehead atoms. The first-order valence-corrected chi connectivity index (χ1v) is 12.5. The first kappa shape index (κ1) is 31.7. The average molecular weight is 522 g/mol. The Hall–Kier alpha value is -3.30. The predicted octanol–water partition coefficient (Wildman–Crippen LogP) is 3.68. The van der Waals surface area contributed by atoms with Crippen LogP contribution in [0.4, 0.5) is 4.79 Å². The van der Waals surface area contributed by atoms with Crippen LogP contribution in [0.1, 0.15) is 80.3 Å². The minimum absolute atomic E-state index is 0.0162. The number of para-hydroxylation sites is 1. The number of ether oxygens (including phenoxy) is 2. The second-order valence-electron chi connectivity index (χ2n) is 11.1. The summed E-state index contributed by atoms with van der Waals surface area (Å²) in [5.41, 5.74) is -1.47. The molecule has 3 amide bonds. The number of alkyl carbamates (subject to hydrolysis) is 1. The van der Waals surface area contributed by atoms with Gasteiger partial charge in [-0.05, 0) is 60.5 Å². The lowest BCUT2D eigenvalue weighted by atomic mass is 9.92. The number of nitrogens with one attached hydrogen (secondary N) is 2. The third-order valence-electron chi connectivity index (χ3n) is 5.24. The average Bonchev–Trinajstić information content (AvgIpc) is 2.73. The summed E-state index contributed by atoms with van der Waals surface area (Å²) in [6.45, 7) is 15.9. The number of hydrogen-bond donors (Lipinski definition) is 3. The molecule has 0 aliphatic carbocycles. The first-order valence-electron chi connectivity index (χ1n) is 12.5. The molecule has 3 N–H and O–H groups in total. The molecule has 0 saturated carbocycles. The van der Waals surface area contributed by atoms with Crippen LogP contribution in [0.15, 0.2) is 24.3 Å². The van der Waals surface area contributed by atoms with Crippen molar-refractivity contribution >= 4 is 23.9 Å². The molecule has 1 aromatic rings. The van der Waals surface area contributed by atoms with Crippen molar-refractivity contribution in [3.63, 3.8) is 0 Å². The van der Waals surface area contributed by atoms with Crippen molar-refractivity contribution in [2.45, 2.75) is 92.0 Å². The summed E-state index contributed by atoms with van der Waals surface area (Å²) in [6, 6.07) is 3.98. The quantitative estimate of drug-likeness (QED) is 0.400. The van der Waals surface area contributed by atoms with Crippen LogP contribution >= 0.6 is 0 Å². The molecular formula is C27H43N3O7. The summed E-state index contributed by atoms with van der Waals surface area (Å²) >= 11 is 0. The standard InChI is InChI=1S/C27H43N3O7/c1-10-36-20(32)15-16-28-23(33)22(18-13-11-12-14-19(18)31)30(26(4,5)6)24(34)21(17(2)3)29-25(35)37-27(7,8)9/h11-14,17,21-22,31H,10,15-16H2,1-9H3,(H,28,33)(H,29,35). The lowest BCUT2D eigenvalue weighted by Crippen LogP contribution is -2.60. The van der Waals surface area contributed by atoms with Crippen molar-refractivity contribution in [3.8, 4) is 5.75 Å². The van der Waals surface area contributed by atoms with Crippen LogP contribution in [0.3, 0.4) is 0 Å². The second kappa shape index (κ2) is 13.3. The summed E-state index contributed by atoms with van der Waals surface area (Å²) in [7, 11) is 0. The van der Waals surface area contributed by atoms with Crippen molar-refractivity contribution in [1.82, 2.24) is 15.5 Å². The molecule has 208 valence electrons. The molecule has 0 aromatic heterocycles. The van der Waals surface area contributed by atoms with Gasteiger partial charge in [-0.3, -0.25) is 14.4 Å². The van der Waals surface area contributed by atoms with Gasteiger partial charge in [-0.25, -0.2) is 4.79 Å². The summed E-state index contributed by atoms with van der Waals surface area (Å²) in [5, 5.41) is 16.0. The number of hydrogen-bond acceptors (Lipinski definition) is 7. The molecule has 0 saturated heterocycles. The van der Waals surface area contributed by atoms with E-state index in [1.165, 1.54) is 11.0 Å². The molecule has 0 aliphatic heterocycles. The number of carbonyl (C=O) groups excluding carboxylic acids is 4. The highest BCUT2D eigenvalue weighted by Crippen LogP contribution is 2.35. The number of aromatic hydroxyl groups is 1. The van der Waals surface area contributed by atoms with Crippen LogP contribution in [0, 0.1) is 5.92 Å². The maximum atomic E-state index is 14.1. The zero-order chi connectivity index (χ0) is 28.6. The number of carbonyl (C=O) groups is 4. The molecule has 0 heterocycles. The maximum absolute atomic E-state index is 14.1. The predicted molar refractivity (Wildman–Crippen MR) is 140 cm³/mol. The van der Waals surface area contributed by atoms with Gasteiger partial charge in [-0.1, -0.05) is 32.0 Å². The monoisotopic (exact) mass is 521 g/mol. The third kappa shape index (κ3) is 9.93. The largest absolute Gasteiger partial charge is 0.508 e. The van der Waals surface area contributed by atoms with Crippen molar-refractivity contribution in [3.05, 3.63) is 29.8 Å². The normalized spacial score (nSPS) is 13.4. The Bertz CT molecular complexity index is 948. The van der Waals surface area contributed by atoms with Crippen molar-refractivity contribution in [2.24, 2.45) is 5.92 Å². The molecule has 37 heavy (non-hydrogen) atoms. The Morgan fingerprint density at radius 2 is 1.62 bits per heavy atom. The molecule has 2 unspecified atom stereocenters. The van der Waals surface area contributed by atoms with Crippen LogP contribution in [-0.2, 0) is 23.9 Å². The Morgan fingerprint density at radius 3 is 2.11 bits per heavy atom. The molecule has 2 atom stereocenters. The fraction of sp³-hybridized carbons (Fsp3) is 0.630. The SMILES string of the molecule is CCOC(=O)CCNC(=O)C(c1ccccc1O)N(C(=O)C(NC(=O)OC(C)(C)C)C(C)C)C(C)(C)C. The Balaban J connectivity index is 3.46. The minimum Gasteiger partial charge on any atom is -0.508 e. The molecule has 1 aromatic carbocycles. The van der Waals surface area contributed by atoms with Gasteiger partial charge in [0.05, 0.1) is 13.0 Å². The van der Waals surface area contributed by atoms with E-state index in [1.54, 1.807) is 80.5 Å². The first-order chi connectivity index (χ1) is 17.0. The lowest BCUT2D eigenvalue weighted by molar-refractivity contribution is -0.149. The zero-order valence-electron chi connectivity index (χ0n) is 23.5. The van der Waals surface area contributed by atoms with E-state index in [9.17, 15) is 24.3 Å². The van der Waals surface area contributed by atoms with E-state index in [4.69, 9.17) is 9.47 Å². The fourth-order valence-corrected chi connectivity index (χ4v) is 3.68. The summed E-state index contributed by atoms with van der Waals surface area (Å²) < 4.78 is 10.3. The van der Waals surface area contributed by atoms with Crippen molar-refractivity contribution in [2.75, 3.05) is 13.2 Å². The van der Waals surface area contributed by atoms with E-state index in [0.717, 1.165) is 0 Å². The highest BCUT2D eigenvalue weighted by atomic mass is 16.6. The molecule has 10 heteroatoms. The van der Waals surface area contributed by atoms with Crippen molar-refractivity contribution < 1.29 is 33.8 Å². The van der Waals surface area contributed by atoms with E-state index in [2.05, 4.69) is 10.6 Å². The number of phenols is 1. The van der Waals surface area contributed by atoms with Gasteiger partial charge < -0.3 is 30.1 Å². The van der Waals surface area contributed by atoms with Crippen LogP contribution < -0.4 is 10.6 Å². The van der Waals surface area contributed by atoms with Gasteiger partial charge in [0.15, 0.2) is 0 Å². The van der Waals surface area contributed by atoms with E-state index in [1.807, 2.05) is 0 Å². The maximum Gasteiger partial charge on any atom is 0.408 e. The second-order valence-corrected chi connectivity index (χ2v) is 11.1. The van der Waals surface area contributed by atoms with Gasteiger partial charge in [0.1, 0.15) is 23.4 Å². The molecule has 0 aliphatic rings. The Labute approximate surface area is 220 Å². The van der Waals surface area contributed by atoms with Gasteiger partial charge in [0.25, 0.3) is 0 Å². The number of esters is 1. The van der Waals surface area contributed by atoms with E-state index in [-0.39, 0.29) is 36.8 Å². The molecule has 0 radical (unpaired) electrons. The number of nitrogens with zero attached hydrogens (tertiary/aromatic N) is 1. The van der Waals surface area contributed by atoms with E-state index in [0.29, 0.717) is 0 Å². The van der Waals surface area contributed by atoms with Crippen LogP contribution in [0.2, 0.25) is 0 Å². The zero-order valence-corrected chi connectivity index (χ0v) is 23.5. The van der Waals surface area contributed by atoms with Gasteiger partial charge >= 0.3 is 12.1 Å². The highest BCUT2D eigenvalue weighted by molar-refractivity contribution is 5.93. The number of benzene rings is 1. The van der Waals surface area contributed by atoms with Crippen LogP contribution in [-0.4, -0.2) is 64.2 Å². The number of amides is 3. The fourth-order valence-electron chi connectivity index (χ4n) is 3.68. The summed E-state index contributed by atoms with van der Waals surface area (Å²) in [4.78, 5) is 53.3. The third-order valence-corrected chi connectivity index (χ3v) is 5.24. The smallest absolute Gasteiger partial charge is 0.408 e. The summed E-state index contributed by atoms with van der Waals surface area (Å²) in [6.07, 6.45) is -0.808. The topological polar surface area (TPSA) is 134 Å². The molecule has 1 rings (SSSR count). The highest BCUT2D eigenvalue weighted by Gasteiger charge is 2.43. The van der Waals surface area contributed by atoms with Crippen LogP contribution in [0.5, 0.6) is 5.75 Å². The number of rotatable bonds is 10. The molecule has 10 nitrogen and oxygen atoms in total. The van der Waals surface area contributed by atoms with E-state index < -0.39 is 47.1 Å². The Morgan fingerprint density at radius 1 is 1.03 bits per heavy atom.